The van der Waals surface area contributed by atoms with Gasteiger partial charge in [0, 0.05) is 43.0 Å². The molecule has 1 N–H and O–H groups in total. The lowest BCUT2D eigenvalue weighted by molar-refractivity contribution is -0.140. The van der Waals surface area contributed by atoms with Crippen LogP contribution in [-0.2, 0) is 20.7 Å². The van der Waals surface area contributed by atoms with Crippen LogP contribution in [0, 0.1) is 5.92 Å². The predicted molar refractivity (Wildman–Crippen MR) is 111 cm³/mol. The number of ether oxygens (including phenoxy) is 1. The van der Waals surface area contributed by atoms with E-state index in [9.17, 15) is 9.59 Å². The Balaban J connectivity index is 1.61. The van der Waals surface area contributed by atoms with E-state index in [1.165, 1.54) is 50.2 Å². The average molecular weight is 385 g/mol. The Labute approximate surface area is 167 Å². The molecule has 0 saturated heterocycles. The van der Waals surface area contributed by atoms with E-state index in [-0.39, 0.29) is 11.9 Å². The molecule has 0 atom stereocenters. The van der Waals surface area contributed by atoms with Crippen molar-refractivity contribution in [3.05, 3.63) is 36.0 Å². The quantitative estimate of drug-likeness (QED) is 0.649. The molecular formula is C23H32N2O3. The van der Waals surface area contributed by atoms with Crippen LogP contribution in [0.5, 0.6) is 0 Å². The number of nitrogens with one attached hydrogen (secondary N) is 1. The van der Waals surface area contributed by atoms with Gasteiger partial charge in [-0.1, -0.05) is 37.5 Å². The van der Waals surface area contributed by atoms with Crippen LogP contribution in [0.1, 0.15) is 56.9 Å². The maximum absolute atomic E-state index is 12.9. The first-order valence-electron chi connectivity index (χ1n) is 10.6. The molecule has 28 heavy (non-hydrogen) atoms. The third kappa shape index (κ3) is 5.60. The Kier molecular flexibility index (Phi) is 7.52. The molecule has 1 fully saturated rings. The van der Waals surface area contributed by atoms with Crippen molar-refractivity contribution in [1.29, 1.82) is 0 Å². The molecule has 5 nitrogen and oxygen atoms in total. The molecular weight excluding hydrogens is 352 g/mol. The standard InChI is InChI=1S/C23H32N2O3/c1-28-23(27)13-7-12-22(26)25(17-18-8-3-2-4-9-18)15-14-19-16-24-21-11-6-5-10-20(19)21/h5-6,10-11,16,18,24H,2-4,7-9,12-15,17H2,1H3. The summed E-state index contributed by atoms with van der Waals surface area (Å²) in [5, 5.41) is 1.23. The molecule has 3 rings (SSSR count). The number of carbonyl (C=O) groups is 2. The van der Waals surface area contributed by atoms with Gasteiger partial charge in [-0.05, 0) is 43.2 Å². The van der Waals surface area contributed by atoms with Gasteiger partial charge in [0.1, 0.15) is 0 Å². The van der Waals surface area contributed by atoms with Crippen molar-refractivity contribution < 1.29 is 14.3 Å². The summed E-state index contributed by atoms with van der Waals surface area (Å²) in [7, 11) is 1.39. The van der Waals surface area contributed by atoms with E-state index >= 15 is 0 Å². The summed E-state index contributed by atoms with van der Waals surface area (Å²) in [6.45, 7) is 1.58. The zero-order valence-corrected chi connectivity index (χ0v) is 16.9. The lowest BCUT2D eigenvalue weighted by atomic mass is 9.88. The number of aromatic nitrogens is 1. The number of hydrogen-bond acceptors (Lipinski definition) is 3. The smallest absolute Gasteiger partial charge is 0.305 e. The van der Waals surface area contributed by atoms with E-state index in [0.717, 1.165) is 25.0 Å². The van der Waals surface area contributed by atoms with Gasteiger partial charge in [-0.15, -0.1) is 0 Å². The van der Waals surface area contributed by atoms with Gasteiger partial charge in [-0.3, -0.25) is 9.59 Å². The lowest BCUT2D eigenvalue weighted by Crippen LogP contribution is -2.37. The second-order valence-electron chi connectivity index (χ2n) is 7.88. The number of fused-ring (bicyclic) bond motifs is 1. The topological polar surface area (TPSA) is 62.4 Å². The molecule has 0 radical (unpaired) electrons. The number of esters is 1. The fourth-order valence-electron chi connectivity index (χ4n) is 4.24. The maximum atomic E-state index is 12.9. The molecule has 1 aliphatic rings. The first-order valence-corrected chi connectivity index (χ1v) is 10.6. The SMILES string of the molecule is COC(=O)CCCC(=O)N(CCc1c[nH]c2ccccc12)CC1CCCCC1. The van der Waals surface area contributed by atoms with Gasteiger partial charge < -0.3 is 14.6 Å². The van der Waals surface area contributed by atoms with Crippen LogP contribution < -0.4 is 0 Å². The van der Waals surface area contributed by atoms with Crippen molar-refractivity contribution in [3.8, 4) is 0 Å². The van der Waals surface area contributed by atoms with E-state index in [1.807, 2.05) is 11.0 Å². The van der Waals surface area contributed by atoms with Crippen LogP contribution in [0.4, 0.5) is 0 Å². The van der Waals surface area contributed by atoms with E-state index in [0.29, 0.717) is 25.2 Å². The Hall–Kier alpha value is -2.30. The molecule has 0 unspecified atom stereocenters. The van der Waals surface area contributed by atoms with Crippen LogP contribution in [0.25, 0.3) is 10.9 Å². The minimum Gasteiger partial charge on any atom is -0.469 e. The number of methoxy groups -OCH3 is 1. The zero-order valence-electron chi connectivity index (χ0n) is 16.9. The number of hydrogen-bond donors (Lipinski definition) is 1. The molecule has 1 saturated carbocycles. The van der Waals surface area contributed by atoms with Gasteiger partial charge >= 0.3 is 5.97 Å². The third-order valence-electron chi connectivity index (χ3n) is 5.88. The van der Waals surface area contributed by atoms with Crippen molar-refractivity contribution in [2.75, 3.05) is 20.2 Å². The third-order valence-corrected chi connectivity index (χ3v) is 5.88. The lowest BCUT2D eigenvalue weighted by Gasteiger charge is -2.30. The van der Waals surface area contributed by atoms with Crippen LogP contribution >= 0.6 is 0 Å². The van der Waals surface area contributed by atoms with Gasteiger partial charge in [0.05, 0.1) is 7.11 Å². The van der Waals surface area contributed by atoms with Crippen molar-refractivity contribution >= 4 is 22.8 Å². The van der Waals surface area contributed by atoms with E-state index in [4.69, 9.17) is 0 Å². The Morgan fingerprint density at radius 2 is 1.93 bits per heavy atom. The molecule has 1 aromatic carbocycles. The number of para-hydroxylation sites is 1. The van der Waals surface area contributed by atoms with Gasteiger partial charge in [0.2, 0.25) is 5.91 Å². The van der Waals surface area contributed by atoms with Crippen molar-refractivity contribution in [2.24, 2.45) is 5.92 Å². The molecule has 1 heterocycles. The number of rotatable bonds is 9. The predicted octanol–water partition coefficient (Wildman–Crippen LogP) is 4.46. The molecule has 1 aliphatic carbocycles. The number of carbonyl (C=O) groups excluding carboxylic acids is 2. The minimum atomic E-state index is -0.245. The highest BCUT2D eigenvalue weighted by Gasteiger charge is 2.21. The highest BCUT2D eigenvalue weighted by atomic mass is 16.5. The van der Waals surface area contributed by atoms with Gasteiger partial charge in [-0.2, -0.15) is 0 Å². The molecule has 0 aliphatic heterocycles. The highest BCUT2D eigenvalue weighted by Crippen LogP contribution is 2.25. The monoisotopic (exact) mass is 384 g/mol. The summed E-state index contributed by atoms with van der Waals surface area (Å²) in [5.41, 5.74) is 2.40. The van der Waals surface area contributed by atoms with Gasteiger partial charge in [-0.25, -0.2) is 0 Å². The summed E-state index contributed by atoms with van der Waals surface area (Å²) >= 11 is 0. The number of benzene rings is 1. The average Bonchev–Trinajstić information content (AvgIpc) is 3.14. The van der Waals surface area contributed by atoms with E-state index in [2.05, 4.69) is 34.1 Å². The fraction of sp³-hybridized carbons (Fsp3) is 0.565. The Morgan fingerprint density at radius 3 is 2.71 bits per heavy atom. The molecule has 2 aromatic rings. The molecule has 1 amide bonds. The summed E-state index contributed by atoms with van der Waals surface area (Å²) in [6, 6.07) is 8.29. The first-order chi connectivity index (χ1) is 13.7. The van der Waals surface area contributed by atoms with E-state index in [1.54, 1.807) is 0 Å². The number of aromatic amines is 1. The molecule has 1 aromatic heterocycles. The molecule has 152 valence electrons. The first kappa shape index (κ1) is 20.4. The Morgan fingerprint density at radius 1 is 1.14 bits per heavy atom. The van der Waals surface area contributed by atoms with Crippen LogP contribution in [0.2, 0.25) is 0 Å². The minimum absolute atomic E-state index is 0.161. The molecule has 5 heteroatoms. The normalized spacial score (nSPS) is 14.9. The van der Waals surface area contributed by atoms with Crippen molar-refractivity contribution in [1.82, 2.24) is 9.88 Å². The summed E-state index contributed by atoms with van der Waals surface area (Å²) < 4.78 is 4.68. The van der Waals surface area contributed by atoms with Gasteiger partial charge in [0.25, 0.3) is 0 Å². The zero-order chi connectivity index (χ0) is 19.8. The van der Waals surface area contributed by atoms with Crippen LogP contribution in [-0.4, -0.2) is 42.0 Å². The van der Waals surface area contributed by atoms with Crippen LogP contribution in [0.3, 0.4) is 0 Å². The second-order valence-corrected chi connectivity index (χ2v) is 7.88. The highest BCUT2D eigenvalue weighted by molar-refractivity contribution is 5.83. The summed E-state index contributed by atoms with van der Waals surface area (Å²) in [4.78, 5) is 29.6. The molecule has 0 bridgehead atoms. The van der Waals surface area contributed by atoms with Crippen LogP contribution in [0.15, 0.2) is 30.5 Å². The largest absolute Gasteiger partial charge is 0.469 e. The van der Waals surface area contributed by atoms with E-state index < -0.39 is 0 Å². The number of nitrogens with zero attached hydrogens (tertiary/aromatic N) is 1. The molecule has 0 spiro atoms. The second kappa shape index (κ2) is 10.3. The summed E-state index contributed by atoms with van der Waals surface area (Å²) in [6.07, 6.45) is 10.5. The number of H-pyrrole nitrogens is 1. The summed E-state index contributed by atoms with van der Waals surface area (Å²) in [5.74, 6) is 0.529. The Bertz CT molecular complexity index is 777. The number of amides is 1. The fourth-order valence-corrected chi connectivity index (χ4v) is 4.24. The maximum Gasteiger partial charge on any atom is 0.305 e. The van der Waals surface area contributed by atoms with Crippen molar-refractivity contribution in [2.45, 2.75) is 57.8 Å². The van der Waals surface area contributed by atoms with Crippen molar-refractivity contribution in [3.63, 3.8) is 0 Å². The van der Waals surface area contributed by atoms with Gasteiger partial charge in [0.15, 0.2) is 0 Å².